The highest BCUT2D eigenvalue weighted by atomic mass is 16.4. The number of carboxylic acids is 1. The summed E-state index contributed by atoms with van der Waals surface area (Å²) in [6.45, 7) is 5.53. The predicted octanol–water partition coefficient (Wildman–Crippen LogP) is 1.15. The molecule has 190 valence electrons. The first kappa shape index (κ1) is 26.2. The highest BCUT2D eigenvalue weighted by Gasteiger charge is 2.38. The van der Waals surface area contributed by atoms with Crippen LogP contribution in [0.15, 0.2) is 30.5 Å². The number of benzene rings is 1. The van der Waals surface area contributed by atoms with Gasteiger partial charge in [0.15, 0.2) is 0 Å². The standard InChI is InChI=1S/C25H35N5O5/c1-4-14(2)21(25(34)35)29-23(32)20-10-7-11-30(20)24(33)15(3)28-22(31)18(26)12-16-13-27-19-9-6-5-8-17(16)19/h5-6,8-9,13-15,18,20-21,27H,4,7,10-12,26H2,1-3H3,(H,28,31)(H,29,32)(H,34,35). The Balaban J connectivity index is 1.59. The Labute approximate surface area is 204 Å². The van der Waals surface area contributed by atoms with E-state index < -0.39 is 47.9 Å². The normalized spacial score (nSPS) is 19.1. The number of amides is 3. The van der Waals surface area contributed by atoms with E-state index in [0.717, 1.165) is 16.5 Å². The van der Waals surface area contributed by atoms with Crippen molar-refractivity contribution in [2.75, 3.05) is 6.54 Å². The fourth-order valence-electron chi connectivity index (χ4n) is 4.50. The van der Waals surface area contributed by atoms with Crippen molar-refractivity contribution in [2.45, 2.75) is 70.6 Å². The minimum absolute atomic E-state index is 0.251. The van der Waals surface area contributed by atoms with E-state index in [1.807, 2.05) is 37.4 Å². The van der Waals surface area contributed by atoms with E-state index in [0.29, 0.717) is 32.2 Å². The molecular weight excluding hydrogens is 450 g/mol. The Morgan fingerprint density at radius 3 is 2.60 bits per heavy atom. The average molecular weight is 486 g/mol. The monoisotopic (exact) mass is 485 g/mol. The SMILES string of the molecule is CCC(C)C(NC(=O)C1CCCN1C(=O)C(C)NC(=O)C(N)Cc1c[nH]c2ccccc12)C(=O)O. The van der Waals surface area contributed by atoms with Crippen molar-refractivity contribution in [2.24, 2.45) is 11.7 Å². The zero-order valence-electron chi connectivity index (χ0n) is 20.4. The largest absolute Gasteiger partial charge is 0.480 e. The van der Waals surface area contributed by atoms with Gasteiger partial charge in [0.05, 0.1) is 6.04 Å². The van der Waals surface area contributed by atoms with Gasteiger partial charge in [-0.25, -0.2) is 4.79 Å². The molecule has 5 atom stereocenters. The van der Waals surface area contributed by atoms with Crippen LogP contribution >= 0.6 is 0 Å². The van der Waals surface area contributed by atoms with E-state index >= 15 is 0 Å². The van der Waals surface area contributed by atoms with E-state index in [1.165, 1.54) is 4.90 Å². The number of aliphatic carboxylic acids is 1. The van der Waals surface area contributed by atoms with Crippen molar-refractivity contribution in [1.82, 2.24) is 20.5 Å². The molecule has 10 heteroatoms. The van der Waals surface area contributed by atoms with Crippen LogP contribution in [0.2, 0.25) is 0 Å². The molecule has 1 aromatic carbocycles. The van der Waals surface area contributed by atoms with Crippen molar-refractivity contribution in [1.29, 1.82) is 0 Å². The van der Waals surface area contributed by atoms with Gasteiger partial charge in [0.1, 0.15) is 18.1 Å². The fraction of sp³-hybridized carbons (Fsp3) is 0.520. The molecule has 0 aliphatic carbocycles. The molecule has 0 bridgehead atoms. The summed E-state index contributed by atoms with van der Waals surface area (Å²) in [7, 11) is 0. The third-order valence-electron chi connectivity index (χ3n) is 6.80. The number of carbonyl (C=O) groups is 4. The maximum atomic E-state index is 13.1. The first-order valence-corrected chi connectivity index (χ1v) is 12.1. The lowest BCUT2D eigenvalue weighted by molar-refractivity contribution is -0.145. The number of carboxylic acid groups (broad SMARTS) is 1. The molecule has 5 unspecified atom stereocenters. The number of carbonyl (C=O) groups excluding carboxylic acids is 3. The zero-order chi connectivity index (χ0) is 25.7. The van der Waals surface area contributed by atoms with Crippen LogP contribution in [0.1, 0.15) is 45.6 Å². The summed E-state index contributed by atoms with van der Waals surface area (Å²) in [4.78, 5) is 54.8. The molecule has 2 heterocycles. The number of rotatable bonds is 10. The number of hydrogen-bond acceptors (Lipinski definition) is 5. The van der Waals surface area contributed by atoms with E-state index in [1.54, 1.807) is 13.8 Å². The van der Waals surface area contributed by atoms with Crippen LogP contribution in [0.4, 0.5) is 0 Å². The summed E-state index contributed by atoms with van der Waals surface area (Å²) in [5, 5.41) is 15.7. The lowest BCUT2D eigenvalue weighted by Crippen LogP contribution is -2.56. The molecule has 2 aromatic rings. The van der Waals surface area contributed by atoms with Gasteiger partial charge in [-0.1, -0.05) is 38.5 Å². The van der Waals surface area contributed by atoms with Crippen LogP contribution in [0.25, 0.3) is 10.9 Å². The highest BCUT2D eigenvalue weighted by molar-refractivity contribution is 5.94. The van der Waals surface area contributed by atoms with Crippen molar-refractivity contribution < 1.29 is 24.3 Å². The summed E-state index contributed by atoms with van der Waals surface area (Å²) in [5.41, 5.74) is 8.00. The molecule has 1 fully saturated rings. The fourth-order valence-corrected chi connectivity index (χ4v) is 4.50. The van der Waals surface area contributed by atoms with E-state index in [9.17, 15) is 24.3 Å². The molecular formula is C25H35N5O5. The number of aromatic amines is 1. The van der Waals surface area contributed by atoms with Gasteiger partial charge in [-0.2, -0.15) is 0 Å². The van der Waals surface area contributed by atoms with Gasteiger partial charge < -0.3 is 31.4 Å². The molecule has 1 aliphatic heterocycles. The average Bonchev–Trinajstić information content (AvgIpc) is 3.49. The Morgan fingerprint density at radius 1 is 1.20 bits per heavy atom. The molecule has 1 saturated heterocycles. The van der Waals surface area contributed by atoms with Gasteiger partial charge >= 0.3 is 5.97 Å². The predicted molar refractivity (Wildman–Crippen MR) is 131 cm³/mol. The summed E-state index contributed by atoms with van der Waals surface area (Å²) in [5.74, 6) is -2.70. The van der Waals surface area contributed by atoms with Crippen molar-refractivity contribution in [3.8, 4) is 0 Å². The van der Waals surface area contributed by atoms with Gasteiger partial charge in [0.2, 0.25) is 17.7 Å². The minimum atomic E-state index is -1.10. The molecule has 0 saturated carbocycles. The summed E-state index contributed by atoms with van der Waals surface area (Å²) >= 11 is 0. The number of H-pyrrole nitrogens is 1. The number of aromatic nitrogens is 1. The summed E-state index contributed by atoms with van der Waals surface area (Å²) < 4.78 is 0. The van der Waals surface area contributed by atoms with Crippen molar-refractivity contribution >= 4 is 34.6 Å². The topological polar surface area (TPSA) is 158 Å². The van der Waals surface area contributed by atoms with Crippen LogP contribution in [0.5, 0.6) is 0 Å². The Bertz CT molecular complexity index is 1080. The molecule has 10 nitrogen and oxygen atoms in total. The van der Waals surface area contributed by atoms with Crippen LogP contribution in [0.3, 0.4) is 0 Å². The summed E-state index contributed by atoms with van der Waals surface area (Å²) in [6, 6.07) is 4.19. The van der Waals surface area contributed by atoms with Crippen LogP contribution < -0.4 is 16.4 Å². The lowest BCUT2D eigenvalue weighted by Gasteiger charge is -2.29. The van der Waals surface area contributed by atoms with Crippen LogP contribution in [-0.2, 0) is 25.6 Å². The van der Waals surface area contributed by atoms with Gasteiger partial charge in [0.25, 0.3) is 0 Å². The minimum Gasteiger partial charge on any atom is -0.480 e. The Kier molecular flexibility index (Phi) is 8.50. The zero-order valence-corrected chi connectivity index (χ0v) is 20.4. The maximum absolute atomic E-state index is 13.1. The van der Waals surface area contributed by atoms with Gasteiger partial charge in [-0.05, 0) is 43.7 Å². The number of likely N-dealkylation sites (tertiary alicyclic amines) is 1. The molecule has 1 aliphatic rings. The molecule has 3 rings (SSSR count). The van der Waals surface area contributed by atoms with Gasteiger partial charge in [-0.3, -0.25) is 14.4 Å². The van der Waals surface area contributed by atoms with Crippen molar-refractivity contribution in [3.63, 3.8) is 0 Å². The van der Waals surface area contributed by atoms with Crippen LogP contribution in [-0.4, -0.2) is 69.4 Å². The van der Waals surface area contributed by atoms with Crippen molar-refractivity contribution in [3.05, 3.63) is 36.0 Å². The first-order chi connectivity index (χ1) is 16.6. The maximum Gasteiger partial charge on any atom is 0.326 e. The molecule has 0 radical (unpaired) electrons. The van der Waals surface area contributed by atoms with E-state index in [4.69, 9.17) is 5.73 Å². The third kappa shape index (κ3) is 6.00. The number of nitrogens with two attached hydrogens (primary N) is 1. The lowest BCUT2D eigenvalue weighted by atomic mass is 9.98. The Morgan fingerprint density at radius 2 is 1.91 bits per heavy atom. The van der Waals surface area contributed by atoms with Gasteiger partial charge in [-0.15, -0.1) is 0 Å². The van der Waals surface area contributed by atoms with E-state index in [2.05, 4.69) is 15.6 Å². The second-order valence-electron chi connectivity index (χ2n) is 9.30. The third-order valence-corrected chi connectivity index (χ3v) is 6.80. The molecule has 1 aromatic heterocycles. The molecule has 0 spiro atoms. The number of nitrogens with zero attached hydrogens (tertiary/aromatic N) is 1. The summed E-state index contributed by atoms with van der Waals surface area (Å²) in [6.07, 6.45) is 3.77. The number of hydrogen-bond donors (Lipinski definition) is 5. The smallest absolute Gasteiger partial charge is 0.326 e. The second-order valence-corrected chi connectivity index (χ2v) is 9.30. The molecule has 3 amide bonds. The molecule has 35 heavy (non-hydrogen) atoms. The van der Waals surface area contributed by atoms with Gasteiger partial charge in [0, 0.05) is 23.6 Å². The van der Waals surface area contributed by atoms with E-state index in [-0.39, 0.29) is 5.92 Å². The first-order valence-electron chi connectivity index (χ1n) is 12.1. The van der Waals surface area contributed by atoms with Crippen LogP contribution in [0, 0.1) is 5.92 Å². The number of para-hydroxylation sites is 1. The quantitative estimate of drug-likeness (QED) is 0.340. The number of fused-ring (bicyclic) bond motifs is 1. The highest BCUT2D eigenvalue weighted by Crippen LogP contribution is 2.21. The molecule has 6 N–H and O–H groups in total. The Hall–Kier alpha value is -3.40. The number of nitrogens with one attached hydrogen (secondary N) is 3. The second kappa shape index (κ2) is 11.4.